The predicted molar refractivity (Wildman–Crippen MR) is 73.7 cm³/mol. The molecule has 0 N–H and O–H groups in total. The van der Waals surface area contributed by atoms with Crippen molar-refractivity contribution in [3.8, 4) is 0 Å². The molecular weight excluding hydrogens is 210 g/mol. The summed E-state index contributed by atoms with van der Waals surface area (Å²) in [5, 5.41) is 3.87. The van der Waals surface area contributed by atoms with Gasteiger partial charge in [0.15, 0.2) is 0 Å². The SMILES string of the molecule is CO/N=C/C(C)(C)c1ccc(C(C)(C)C)cc1. The smallest absolute Gasteiger partial charge is 0.106 e. The highest BCUT2D eigenvalue weighted by atomic mass is 16.6. The van der Waals surface area contributed by atoms with Crippen LogP contribution in [0.5, 0.6) is 0 Å². The molecule has 2 nitrogen and oxygen atoms in total. The lowest BCUT2D eigenvalue weighted by Gasteiger charge is -2.23. The molecule has 0 saturated heterocycles. The van der Waals surface area contributed by atoms with Crippen LogP contribution in [0.3, 0.4) is 0 Å². The number of hydrogen-bond acceptors (Lipinski definition) is 2. The van der Waals surface area contributed by atoms with E-state index in [9.17, 15) is 0 Å². The van der Waals surface area contributed by atoms with E-state index in [1.807, 2.05) is 6.21 Å². The summed E-state index contributed by atoms with van der Waals surface area (Å²) < 4.78 is 0. The molecule has 0 fully saturated rings. The van der Waals surface area contributed by atoms with Crippen LogP contribution >= 0.6 is 0 Å². The number of benzene rings is 1. The van der Waals surface area contributed by atoms with Crippen molar-refractivity contribution in [2.75, 3.05) is 7.11 Å². The van der Waals surface area contributed by atoms with Gasteiger partial charge in [0, 0.05) is 5.41 Å². The molecular formula is C15H23NO. The fourth-order valence-electron chi connectivity index (χ4n) is 1.66. The topological polar surface area (TPSA) is 21.6 Å². The summed E-state index contributed by atoms with van der Waals surface area (Å²) in [6.45, 7) is 10.9. The van der Waals surface area contributed by atoms with E-state index in [0.29, 0.717) is 0 Å². The van der Waals surface area contributed by atoms with Crippen LogP contribution in [0.1, 0.15) is 45.7 Å². The van der Waals surface area contributed by atoms with Crippen molar-refractivity contribution in [3.63, 3.8) is 0 Å². The Kier molecular flexibility index (Phi) is 3.97. The fraction of sp³-hybridized carbons (Fsp3) is 0.533. The first-order valence-electron chi connectivity index (χ1n) is 5.96. The van der Waals surface area contributed by atoms with E-state index < -0.39 is 0 Å². The molecule has 0 aliphatic heterocycles. The van der Waals surface area contributed by atoms with Crippen molar-refractivity contribution < 1.29 is 4.84 Å². The predicted octanol–water partition coefficient (Wildman–Crippen LogP) is 3.89. The van der Waals surface area contributed by atoms with Gasteiger partial charge in [0.25, 0.3) is 0 Å². The molecule has 0 bridgehead atoms. The third-order valence-corrected chi connectivity index (χ3v) is 2.98. The largest absolute Gasteiger partial charge is 0.399 e. The van der Waals surface area contributed by atoms with Crippen LogP contribution < -0.4 is 0 Å². The molecule has 0 aromatic heterocycles. The second kappa shape index (κ2) is 4.91. The van der Waals surface area contributed by atoms with Crippen molar-refractivity contribution in [1.29, 1.82) is 0 Å². The highest BCUT2D eigenvalue weighted by Crippen LogP contribution is 2.26. The van der Waals surface area contributed by atoms with Crippen LogP contribution in [0, 0.1) is 0 Å². The second-order valence-electron chi connectivity index (χ2n) is 5.97. The Morgan fingerprint density at radius 1 is 0.941 bits per heavy atom. The molecule has 0 amide bonds. The highest BCUT2D eigenvalue weighted by Gasteiger charge is 2.20. The lowest BCUT2D eigenvalue weighted by molar-refractivity contribution is 0.213. The zero-order chi connectivity index (χ0) is 13.1. The summed E-state index contributed by atoms with van der Waals surface area (Å²) >= 11 is 0. The Labute approximate surface area is 105 Å². The van der Waals surface area contributed by atoms with E-state index in [1.54, 1.807) is 7.11 Å². The molecule has 0 saturated carbocycles. The average Bonchev–Trinajstić information content (AvgIpc) is 2.25. The quantitative estimate of drug-likeness (QED) is 0.573. The van der Waals surface area contributed by atoms with Gasteiger partial charge in [0.1, 0.15) is 7.11 Å². The minimum Gasteiger partial charge on any atom is -0.399 e. The van der Waals surface area contributed by atoms with E-state index in [0.717, 1.165) is 0 Å². The van der Waals surface area contributed by atoms with E-state index in [4.69, 9.17) is 4.84 Å². The summed E-state index contributed by atoms with van der Waals surface area (Å²) in [7, 11) is 1.56. The maximum atomic E-state index is 4.75. The molecule has 94 valence electrons. The van der Waals surface area contributed by atoms with Crippen molar-refractivity contribution in [2.24, 2.45) is 5.16 Å². The highest BCUT2D eigenvalue weighted by molar-refractivity contribution is 5.71. The average molecular weight is 233 g/mol. The lowest BCUT2D eigenvalue weighted by atomic mass is 9.82. The van der Waals surface area contributed by atoms with Gasteiger partial charge in [0.05, 0.1) is 6.21 Å². The first-order chi connectivity index (χ1) is 7.77. The maximum Gasteiger partial charge on any atom is 0.106 e. The van der Waals surface area contributed by atoms with Crippen LogP contribution in [0.25, 0.3) is 0 Å². The van der Waals surface area contributed by atoms with Gasteiger partial charge in [-0.2, -0.15) is 0 Å². The van der Waals surface area contributed by atoms with Crippen molar-refractivity contribution in [1.82, 2.24) is 0 Å². The molecule has 0 aliphatic carbocycles. The third-order valence-electron chi connectivity index (χ3n) is 2.98. The summed E-state index contributed by atoms with van der Waals surface area (Å²) in [6, 6.07) is 8.72. The van der Waals surface area contributed by atoms with Crippen molar-refractivity contribution >= 4 is 6.21 Å². The number of hydrogen-bond donors (Lipinski definition) is 0. The van der Waals surface area contributed by atoms with Crippen LogP contribution in [0.2, 0.25) is 0 Å². The van der Waals surface area contributed by atoms with Crippen molar-refractivity contribution in [2.45, 2.75) is 45.4 Å². The molecule has 1 aromatic rings. The standard InChI is InChI=1S/C15H23NO/c1-14(2,3)12-7-9-13(10-8-12)15(4,5)11-16-17-6/h7-11H,1-6H3/b16-11+. The number of rotatable bonds is 3. The van der Waals surface area contributed by atoms with E-state index in [1.165, 1.54) is 11.1 Å². The Bertz CT molecular complexity index is 382. The molecule has 1 aromatic carbocycles. The normalized spacial score (nSPS) is 13.1. The minimum atomic E-state index is -0.105. The first kappa shape index (κ1) is 13.8. The van der Waals surface area contributed by atoms with E-state index in [-0.39, 0.29) is 10.8 Å². The summed E-state index contributed by atoms with van der Waals surface area (Å²) in [5.74, 6) is 0. The van der Waals surface area contributed by atoms with Gasteiger partial charge in [-0.15, -0.1) is 0 Å². The minimum absolute atomic E-state index is 0.105. The number of oxime groups is 1. The summed E-state index contributed by atoms with van der Waals surface area (Å²) in [6.07, 6.45) is 1.83. The number of nitrogens with zero attached hydrogens (tertiary/aromatic N) is 1. The molecule has 0 spiro atoms. The van der Waals surface area contributed by atoms with E-state index >= 15 is 0 Å². The monoisotopic (exact) mass is 233 g/mol. The van der Waals surface area contributed by atoms with Gasteiger partial charge in [-0.05, 0) is 16.5 Å². The molecule has 0 radical (unpaired) electrons. The van der Waals surface area contributed by atoms with Crippen LogP contribution in [-0.2, 0) is 15.7 Å². The van der Waals surface area contributed by atoms with Crippen LogP contribution in [0.4, 0.5) is 0 Å². The second-order valence-corrected chi connectivity index (χ2v) is 5.97. The van der Waals surface area contributed by atoms with Gasteiger partial charge in [-0.1, -0.05) is 64.0 Å². The maximum absolute atomic E-state index is 4.75. The van der Waals surface area contributed by atoms with Crippen LogP contribution in [-0.4, -0.2) is 13.3 Å². The Morgan fingerprint density at radius 2 is 1.41 bits per heavy atom. The zero-order valence-corrected chi connectivity index (χ0v) is 11.7. The molecule has 0 aliphatic rings. The van der Waals surface area contributed by atoms with Gasteiger partial charge in [-0.25, -0.2) is 0 Å². The molecule has 0 atom stereocenters. The van der Waals surface area contributed by atoms with Gasteiger partial charge in [-0.3, -0.25) is 0 Å². The Balaban J connectivity index is 2.98. The molecule has 1 rings (SSSR count). The zero-order valence-electron chi connectivity index (χ0n) is 11.7. The molecule has 2 heteroatoms. The summed E-state index contributed by atoms with van der Waals surface area (Å²) in [4.78, 5) is 4.75. The molecule has 17 heavy (non-hydrogen) atoms. The van der Waals surface area contributed by atoms with E-state index in [2.05, 4.69) is 64.0 Å². The van der Waals surface area contributed by atoms with Crippen LogP contribution in [0.15, 0.2) is 29.4 Å². The van der Waals surface area contributed by atoms with Gasteiger partial charge >= 0.3 is 0 Å². The van der Waals surface area contributed by atoms with Gasteiger partial charge in [0.2, 0.25) is 0 Å². The fourth-order valence-corrected chi connectivity index (χ4v) is 1.66. The third kappa shape index (κ3) is 3.58. The lowest BCUT2D eigenvalue weighted by Crippen LogP contribution is -2.19. The van der Waals surface area contributed by atoms with Crippen molar-refractivity contribution in [3.05, 3.63) is 35.4 Å². The van der Waals surface area contributed by atoms with Gasteiger partial charge < -0.3 is 4.84 Å². The molecule has 0 heterocycles. The Morgan fingerprint density at radius 3 is 1.82 bits per heavy atom. The summed E-state index contributed by atoms with van der Waals surface area (Å²) in [5.41, 5.74) is 2.68. The Hall–Kier alpha value is -1.31. The first-order valence-corrected chi connectivity index (χ1v) is 5.96. The molecule has 0 unspecified atom stereocenters.